The largest absolute Gasteiger partial charge is 0.493 e. The molecule has 168 valence electrons. The van der Waals surface area contributed by atoms with Gasteiger partial charge in [-0.3, -0.25) is 9.59 Å². The maximum absolute atomic E-state index is 13.1. The topological polar surface area (TPSA) is 114 Å². The fourth-order valence-corrected chi connectivity index (χ4v) is 3.90. The third kappa shape index (κ3) is 4.32. The predicted molar refractivity (Wildman–Crippen MR) is 116 cm³/mol. The Labute approximate surface area is 187 Å². The normalized spacial score (nSPS) is 15.8. The highest BCUT2D eigenvalue weighted by atomic mass is 19.1. The lowest BCUT2D eigenvalue weighted by Crippen LogP contribution is -2.30. The Morgan fingerprint density at radius 1 is 1.18 bits per heavy atom. The summed E-state index contributed by atoms with van der Waals surface area (Å²) in [5, 5.41) is 11.4. The number of aromatic amines is 1. The molecule has 1 aliphatic rings. The third-order valence-corrected chi connectivity index (χ3v) is 5.62. The van der Waals surface area contributed by atoms with E-state index in [1.54, 1.807) is 41.3 Å². The van der Waals surface area contributed by atoms with Gasteiger partial charge in [0.05, 0.1) is 17.9 Å². The van der Waals surface area contributed by atoms with Crippen LogP contribution in [0.3, 0.4) is 0 Å². The Kier molecular flexibility index (Phi) is 5.55. The van der Waals surface area contributed by atoms with Gasteiger partial charge in [-0.2, -0.15) is 10.1 Å². The van der Waals surface area contributed by atoms with E-state index >= 15 is 0 Å². The molecule has 1 amide bonds. The molecule has 0 aliphatic carbocycles. The first-order chi connectivity index (χ1) is 16.1. The molecule has 1 unspecified atom stereocenters. The second-order valence-corrected chi connectivity index (χ2v) is 7.78. The summed E-state index contributed by atoms with van der Waals surface area (Å²) < 4.78 is 23.9. The van der Waals surface area contributed by atoms with Crippen LogP contribution in [0.5, 0.6) is 5.75 Å². The van der Waals surface area contributed by atoms with Crippen molar-refractivity contribution in [1.29, 1.82) is 0 Å². The van der Waals surface area contributed by atoms with Gasteiger partial charge >= 0.3 is 0 Å². The first-order valence-electron chi connectivity index (χ1n) is 10.6. The maximum atomic E-state index is 13.1. The van der Waals surface area contributed by atoms with Crippen molar-refractivity contribution in [2.24, 2.45) is 0 Å². The molecule has 1 N–H and O–H groups in total. The maximum Gasteiger partial charge on any atom is 0.274 e. The fraction of sp³-hybridized carbons (Fsp3) is 0.261. The van der Waals surface area contributed by atoms with Gasteiger partial charge in [0, 0.05) is 24.9 Å². The van der Waals surface area contributed by atoms with Crippen molar-refractivity contribution in [3.8, 4) is 5.75 Å². The SMILES string of the molecule is O=C(c1n[nH]c(=O)c2ccccc12)N1CCC(c2nc(CCOc3ccc(F)cc3)no2)C1. The molecule has 1 atom stereocenters. The van der Waals surface area contributed by atoms with Gasteiger partial charge in [0.15, 0.2) is 11.5 Å². The van der Waals surface area contributed by atoms with Crippen LogP contribution in [-0.2, 0) is 6.42 Å². The molecule has 0 bridgehead atoms. The summed E-state index contributed by atoms with van der Waals surface area (Å²) in [4.78, 5) is 31.2. The van der Waals surface area contributed by atoms with Gasteiger partial charge in [-0.25, -0.2) is 9.49 Å². The number of halogens is 1. The van der Waals surface area contributed by atoms with E-state index in [1.165, 1.54) is 12.1 Å². The fourth-order valence-electron chi connectivity index (χ4n) is 3.90. The molecular formula is C23H20FN5O4. The molecular weight excluding hydrogens is 429 g/mol. The lowest BCUT2D eigenvalue weighted by atomic mass is 10.1. The first kappa shape index (κ1) is 20.8. The van der Waals surface area contributed by atoms with Gasteiger partial charge in [-0.1, -0.05) is 23.4 Å². The molecule has 1 fully saturated rings. The van der Waals surface area contributed by atoms with Crippen LogP contribution in [0.15, 0.2) is 57.8 Å². The van der Waals surface area contributed by atoms with Crippen LogP contribution >= 0.6 is 0 Å². The number of carbonyl (C=O) groups is 1. The summed E-state index contributed by atoms with van der Waals surface area (Å²) in [5.41, 5.74) is -0.113. The number of nitrogens with zero attached hydrogens (tertiary/aromatic N) is 4. The minimum atomic E-state index is -0.330. The minimum absolute atomic E-state index is 0.0813. The molecule has 0 spiro atoms. The molecule has 2 aromatic heterocycles. The molecule has 5 rings (SSSR count). The molecule has 33 heavy (non-hydrogen) atoms. The van der Waals surface area contributed by atoms with Crippen molar-refractivity contribution in [3.05, 3.63) is 82.1 Å². The highest BCUT2D eigenvalue weighted by Crippen LogP contribution is 2.28. The van der Waals surface area contributed by atoms with Crippen molar-refractivity contribution in [2.75, 3.05) is 19.7 Å². The van der Waals surface area contributed by atoms with Crippen molar-refractivity contribution < 1.29 is 18.4 Å². The van der Waals surface area contributed by atoms with Crippen molar-refractivity contribution >= 4 is 16.7 Å². The van der Waals surface area contributed by atoms with Crippen LogP contribution in [0, 0.1) is 5.82 Å². The number of hydrogen-bond acceptors (Lipinski definition) is 7. The number of H-pyrrole nitrogens is 1. The average molecular weight is 449 g/mol. The van der Waals surface area contributed by atoms with Crippen LogP contribution in [0.4, 0.5) is 4.39 Å². The summed E-state index contributed by atoms with van der Waals surface area (Å²) in [6, 6.07) is 12.7. The van der Waals surface area contributed by atoms with E-state index < -0.39 is 0 Å². The minimum Gasteiger partial charge on any atom is -0.493 e. The number of benzene rings is 2. The number of aromatic nitrogens is 4. The molecule has 10 heteroatoms. The molecule has 0 radical (unpaired) electrons. The number of amides is 1. The lowest BCUT2D eigenvalue weighted by Gasteiger charge is -2.16. The highest BCUT2D eigenvalue weighted by Gasteiger charge is 2.33. The van der Waals surface area contributed by atoms with Crippen molar-refractivity contribution in [2.45, 2.75) is 18.8 Å². The van der Waals surface area contributed by atoms with E-state index in [1.807, 2.05) is 0 Å². The summed E-state index contributed by atoms with van der Waals surface area (Å²) >= 11 is 0. The van der Waals surface area contributed by atoms with Gasteiger partial charge in [0.25, 0.3) is 11.5 Å². The highest BCUT2D eigenvalue weighted by molar-refractivity contribution is 6.04. The van der Waals surface area contributed by atoms with Crippen LogP contribution < -0.4 is 10.3 Å². The average Bonchev–Trinajstić information content (AvgIpc) is 3.50. The van der Waals surface area contributed by atoms with E-state index in [9.17, 15) is 14.0 Å². The van der Waals surface area contributed by atoms with Crippen LogP contribution in [0.2, 0.25) is 0 Å². The molecule has 9 nitrogen and oxygen atoms in total. The second-order valence-electron chi connectivity index (χ2n) is 7.78. The van der Waals surface area contributed by atoms with E-state index in [4.69, 9.17) is 9.26 Å². The van der Waals surface area contributed by atoms with Gasteiger partial charge < -0.3 is 14.2 Å². The van der Waals surface area contributed by atoms with Gasteiger partial charge in [-0.15, -0.1) is 0 Å². The monoisotopic (exact) mass is 449 g/mol. The summed E-state index contributed by atoms with van der Waals surface area (Å²) in [6.45, 7) is 1.26. The quantitative estimate of drug-likeness (QED) is 0.481. The van der Waals surface area contributed by atoms with E-state index in [0.717, 1.165) is 0 Å². The lowest BCUT2D eigenvalue weighted by molar-refractivity contribution is 0.0784. The molecule has 0 saturated carbocycles. The number of ether oxygens (including phenoxy) is 1. The third-order valence-electron chi connectivity index (χ3n) is 5.62. The Morgan fingerprint density at radius 3 is 2.79 bits per heavy atom. The zero-order valence-corrected chi connectivity index (χ0v) is 17.5. The molecule has 4 aromatic rings. The zero-order valence-electron chi connectivity index (χ0n) is 17.5. The smallest absolute Gasteiger partial charge is 0.274 e. The Hall–Kier alpha value is -4.08. The molecule has 1 saturated heterocycles. The predicted octanol–water partition coefficient (Wildman–Crippen LogP) is 2.70. The Balaban J connectivity index is 1.21. The zero-order chi connectivity index (χ0) is 22.8. The molecule has 3 heterocycles. The van der Waals surface area contributed by atoms with E-state index in [0.29, 0.717) is 60.8 Å². The summed E-state index contributed by atoms with van der Waals surface area (Å²) in [6.07, 6.45) is 1.12. The van der Waals surface area contributed by atoms with E-state index in [2.05, 4.69) is 20.3 Å². The van der Waals surface area contributed by atoms with Crippen molar-refractivity contribution in [3.63, 3.8) is 0 Å². The van der Waals surface area contributed by atoms with Gasteiger partial charge in [0.2, 0.25) is 5.89 Å². The summed E-state index contributed by atoms with van der Waals surface area (Å²) in [7, 11) is 0. The van der Waals surface area contributed by atoms with E-state index in [-0.39, 0.29) is 28.9 Å². The number of nitrogens with one attached hydrogen (secondary N) is 1. The number of fused-ring (bicyclic) bond motifs is 1. The molecule has 2 aromatic carbocycles. The summed E-state index contributed by atoms with van der Waals surface area (Å²) in [5.74, 6) is 0.887. The van der Waals surface area contributed by atoms with Crippen LogP contribution in [0.1, 0.15) is 34.5 Å². The Morgan fingerprint density at radius 2 is 1.97 bits per heavy atom. The first-order valence-corrected chi connectivity index (χ1v) is 10.6. The van der Waals surface area contributed by atoms with Crippen LogP contribution in [-0.4, -0.2) is 50.8 Å². The molecule has 1 aliphatic heterocycles. The second kappa shape index (κ2) is 8.81. The van der Waals surface area contributed by atoms with Crippen LogP contribution in [0.25, 0.3) is 10.8 Å². The van der Waals surface area contributed by atoms with Crippen molar-refractivity contribution in [1.82, 2.24) is 25.2 Å². The number of carbonyl (C=O) groups excluding carboxylic acids is 1. The standard InChI is InChI=1S/C23H20FN5O4/c24-15-5-7-16(8-6-15)32-12-10-19-25-22(33-28-19)14-9-11-29(13-14)23(31)20-17-3-1-2-4-18(17)21(30)27-26-20/h1-8,14H,9-13H2,(H,27,30). The number of rotatable bonds is 6. The number of hydrogen-bond donors (Lipinski definition) is 1. The van der Waals surface area contributed by atoms with Gasteiger partial charge in [-0.05, 0) is 36.8 Å². The Bertz CT molecular complexity index is 1350. The van der Waals surface area contributed by atoms with Gasteiger partial charge in [0.1, 0.15) is 11.6 Å². The number of likely N-dealkylation sites (tertiary alicyclic amines) is 1.